The Labute approximate surface area is 52.5 Å². The lowest BCUT2D eigenvalue weighted by molar-refractivity contribution is 0.373. The van der Waals surface area contributed by atoms with Crippen molar-refractivity contribution in [2.24, 2.45) is 5.41 Å². The number of hydrogen-bond acceptors (Lipinski definition) is 1. The number of rotatable bonds is 2. The van der Waals surface area contributed by atoms with Crippen LogP contribution in [-0.4, -0.2) is 13.6 Å². The Hall–Kier alpha value is -0.0400. The van der Waals surface area contributed by atoms with Crippen LogP contribution < -0.4 is 5.32 Å². The molecule has 0 fully saturated rings. The van der Waals surface area contributed by atoms with Gasteiger partial charge in [-0.15, -0.1) is 0 Å². The fraction of sp³-hybridized carbons (Fsp3) is 1.00. The lowest BCUT2D eigenvalue weighted by Crippen LogP contribution is -2.16. The van der Waals surface area contributed by atoms with Crippen LogP contribution in [0.1, 0.15) is 27.2 Å². The summed E-state index contributed by atoms with van der Waals surface area (Å²) in [5, 5.41) is 3.12. The fourth-order valence-electron chi connectivity index (χ4n) is 0.500. The zero-order valence-electron chi connectivity index (χ0n) is 6.41. The molecule has 0 aromatic carbocycles. The van der Waals surface area contributed by atoms with Crippen LogP contribution in [0.3, 0.4) is 0 Å². The normalized spacial score (nSPS) is 12.0. The molecule has 0 amide bonds. The van der Waals surface area contributed by atoms with Gasteiger partial charge in [-0.2, -0.15) is 0 Å². The smallest absolute Gasteiger partial charge is 0.00469 e. The molecule has 1 heteroatoms. The summed E-state index contributed by atoms with van der Waals surface area (Å²) < 4.78 is 0. The molecular weight excluding hydrogens is 98.1 g/mol. The third kappa shape index (κ3) is 5.96. The van der Waals surface area contributed by atoms with Gasteiger partial charge in [-0.1, -0.05) is 20.8 Å². The average Bonchev–Trinajstić information content (AvgIpc) is 1.59. The maximum atomic E-state index is 3.12. The van der Waals surface area contributed by atoms with E-state index in [9.17, 15) is 0 Å². The Morgan fingerprint density at radius 3 is 1.88 bits per heavy atom. The van der Waals surface area contributed by atoms with Crippen molar-refractivity contribution in [2.45, 2.75) is 27.2 Å². The summed E-state index contributed by atoms with van der Waals surface area (Å²) in [5.41, 5.74) is 0.489. The van der Waals surface area contributed by atoms with Gasteiger partial charge in [0.15, 0.2) is 0 Å². The SMILES string of the molecule is CNCCC(C)(C)C. The highest BCUT2D eigenvalue weighted by Crippen LogP contribution is 2.16. The van der Waals surface area contributed by atoms with Crippen molar-refractivity contribution >= 4 is 0 Å². The van der Waals surface area contributed by atoms with Crippen molar-refractivity contribution in [3.05, 3.63) is 0 Å². The van der Waals surface area contributed by atoms with E-state index in [-0.39, 0.29) is 0 Å². The zero-order valence-corrected chi connectivity index (χ0v) is 6.41. The van der Waals surface area contributed by atoms with Crippen molar-refractivity contribution < 1.29 is 0 Å². The predicted molar refractivity (Wildman–Crippen MR) is 38.0 cm³/mol. The third-order valence-corrected chi connectivity index (χ3v) is 1.12. The summed E-state index contributed by atoms with van der Waals surface area (Å²) in [6, 6.07) is 0. The Bertz CT molecular complexity index is 51.9. The first-order chi connectivity index (χ1) is 3.56. The first-order valence-electron chi connectivity index (χ1n) is 3.21. The van der Waals surface area contributed by atoms with Crippen molar-refractivity contribution in [1.82, 2.24) is 5.32 Å². The van der Waals surface area contributed by atoms with E-state index in [0.29, 0.717) is 5.41 Å². The molecule has 1 nitrogen and oxygen atoms in total. The van der Waals surface area contributed by atoms with Crippen molar-refractivity contribution in [2.75, 3.05) is 13.6 Å². The molecule has 0 radical (unpaired) electrons. The number of nitrogens with one attached hydrogen (secondary N) is 1. The minimum Gasteiger partial charge on any atom is -0.320 e. The second-order valence-corrected chi connectivity index (χ2v) is 3.41. The molecule has 0 saturated heterocycles. The molecule has 0 saturated carbocycles. The fourth-order valence-corrected chi connectivity index (χ4v) is 0.500. The summed E-state index contributed by atoms with van der Waals surface area (Å²) in [4.78, 5) is 0. The van der Waals surface area contributed by atoms with E-state index in [0.717, 1.165) is 6.54 Å². The zero-order chi connectivity index (χ0) is 6.62. The molecule has 0 spiro atoms. The van der Waals surface area contributed by atoms with Crippen LogP contribution in [-0.2, 0) is 0 Å². The third-order valence-electron chi connectivity index (χ3n) is 1.12. The second kappa shape index (κ2) is 3.08. The Morgan fingerprint density at radius 2 is 1.75 bits per heavy atom. The average molecular weight is 115 g/mol. The van der Waals surface area contributed by atoms with Crippen LogP contribution in [0.4, 0.5) is 0 Å². The molecule has 0 unspecified atom stereocenters. The quantitative estimate of drug-likeness (QED) is 0.577. The molecule has 50 valence electrons. The summed E-state index contributed by atoms with van der Waals surface area (Å²) in [7, 11) is 1.99. The van der Waals surface area contributed by atoms with Crippen LogP contribution in [0, 0.1) is 5.41 Å². The Balaban J connectivity index is 3.11. The van der Waals surface area contributed by atoms with Gasteiger partial charge < -0.3 is 5.32 Å². The molecule has 0 aromatic rings. The molecule has 0 rings (SSSR count). The lowest BCUT2D eigenvalue weighted by atomic mass is 9.92. The predicted octanol–water partition coefficient (Wildman–Crippen LogP) is 1.64. The van der Waals surface area contributed by atoms with Gasteiger partial charge in [-0.3, -0.25) is 0 Å². The van der Waals surface area contributed by atoms with E-state index in [1.54, 1.807) is 0 Å². The van der Waals surface area contributed by atoms with Gasteiger partial charge in [0, 0.05) is 0 Å². The van der Waals surface area contributed by atoms with Crippen LogP contribution in [0.5, 0.6) is 0 Å². The molecule has 0 bridgehead atoms. The highest BCUT2D eigenvalue weighted by atomic mass is 14.8. The van der Waals surface area contributed by atoms with E-state index in [1.807, 2.05) is 7.05 Å². The second-order valence-electron chi connectivity index (χ2n) is 3.41. The first-order valence-corrected chi connectivity index (χ1v) is 3.21. The Kier molecular flexibility index (Phi) is 3.06. The van der Waals surface area contributed by atoms with Gasteiger partial charge in [-0.25, -0.2) is 0 Å². The van der Waals surface area contributed by atoms with Crippen LogP contribution >= 0.6 is 0 Å². The standard InChI is InChI=1S/C7H17N/c1-7(2,3)5-6-8-4/h8H,5-6H2,1-4H3. The minimum atomic E-state index is 0.489. The van der Waals surface area contributed by atoms with Gasteiger partial charge in [0.05, 0.1) is 0 Å². The molecule has 0 aliphatic heterocycles. The van der Waals surface area contributed by atoms with E-state index < -0.39 is 0 Å². The summed E-state index contributed by atoms with van der Waals surface area (Å²) in [6.45, 7) is 7.89. The summed E-state index contributed by atoms with van der Waals surface area (Å²) in [5.74, 6) is 0. The summed E-state index contributed by atoms with van der Waals surface area (Å²) in [6.07, 6.45) is 1.25. The van der Waals surface area contributed by atoms with E-state index in [4.69, 9.17) is 0 Å². The summed E-state index contributed by atoms with van der Waals surface area (Å²) >= 11 is 0. The largest absolute Gasteiger partial charge is 0.320 e. The molecular formula is C7H17N. The van der Waals surface area contributed by atoms with Crippen molar-refractivity contribution in [3.63, 3.8) is 0 Å². The molecule has 0 aliphatic rings. The van der Waals surface area contributed by atoms with E-state index >= 15 is 0 Å². The maximum absolute atomic E-state index is 3.12. The maximum Gasteiger partial charge on any atom is -0.00469 e. The van der Waals surface area contributed by atoms with Crippen LogP contribution in [0.2, 0.25) is 0 Å². The monoisotopic (exact) mass is 115 g/mol. The van der Waals surface area contributed by atoms with Gasteiger partial charge in [0.2, 0.25) is 0 Å². The van der Waals surface area contributed by atoms with Gasteiger partial charge in [0.1, 0.15) is 0 Å². The van der Waals surface area contributed by atoms with E-state index in [2.05, 4.69) is 26.1 Å². The van der Waals surface area contributed by atoms with Gasteiger partial charge in [-0.05, 0) is 25.4 Å². The highest BCUT2D eigenvalue weighted by Gasteiger charge is 2.07. The van der Waals surface area contributed by atoms with Gasteiger partial charge in [0.25, 0.3) is 0 Å². The topological polar surface area (TPSA) is 12.0 Å². The minimum absolute atomic E-state index is 0.489. The molecule has 0 atom stereocenters. The van der Waals surface area contributed by atoms with Crippen LogP contribution in [0.15, 0.2) is 0 Å². The number of hydrogen-bond donors (Lipinski definition) is 1. The molecule has 1 N–H and O–H groups in total. The highest BCUT2D eigenvalue weighted by molar-refractivity contribution is 4.61. The Morgan fingerprint density at radius 1 is 1.25 bits per heavy atom. The van der Waals surface area contributed by atoms with Gasteiger partial charge >= 0.3 is 0 Å². The van der Waals surface area contributed by atoms with Crippen molar-refractivity contribution in [1.29, 1.82) is 0 Å². The molecule has 0 aliphatic carbocycles. The van der Waals surface area contributed by atoms with Crippen molar-refractivity contribution in [3.8, 4) is 0 Å². The molecule has 8 heavy (non-hydrogen) atoms. The van der Waals surface area contributed by atoms with E-state index in [1.165, 1.54) is 6.42 Å². The first kappa shape index (κ1) is 7.96. The van der Waals surface area contributed by atoms with Crippen LogP contribution in [0.25, 0.3) is 0 Å². The molecule has 0 heterocycles. The molecule has 0 aromatic heterocycles. The lowest BCUT2D eigenvalue weighted by Gasteiger charge is -2.16.